The molecule has 1 aromatic carbocycles. The van der Waals surface area contributed by atoms with E-state index in [9.17, 15) is 8.42 Å². The zero-order valence-electron chi connectivity index (χ0n) is 11.5. The summed E-state index contributed by atoms with van der Waals surface area (Å²) in [7, 11) is -3.47. The van der Waals surface area contributed by atoms with Gasteiger partial charge in [-0.2, -0.15) is 4.31 Å². The second-order valence-corrected chi connectivity index (χ2v) is 7.64. The highest BCUT2D eigenvalue weighted by Gasteiger charge is 2.30. The van der Waals surface area contributed by atoms with Crippen molar-refractivity contribution in [3.8, 4) is 0 Å². The summed E-state index contributed by atoms with van der Waals surface area (Å²) in [5, 5.41) is 9.56. The molecule has 1 N–H and O–H groups in total. The van der Waals surface area contributed by atoms with Crippen LogP contribution in [-0.2, 0) is 10.0 Å². The van der Waals surface area contributed by atoms with Crippen LogP contribution in [0.4, 0.5) is 0 Å². The molecule has 1 atom stereocenters. The van der Waals surface area contributed by atoms with E-state index in [0.29, 0.717) is 35.0 Å². The molecule has 4 nitrogen and oxygen atoms in total. The van der Waals surface area contributed by atoms with Crippen molar-refractivity contribution in [2.24, 2.45) is 5.92 Å². The first kappa shape index (κ1) is 15.8. The van der Waals surface area contributed by atoms with E-state index >= 15 is 0 Å². The van der Waals surface area contributed by atoms with Crippen LogP contribution < -0.4 is 0 Å². The number of aliphatic hydroxyl groups excluding tert-OH is 1. The Balaban J connectivity index is 2.25. The van der Waals surface area contributed by atoms with E-state index in [2.05, 4.69) is 0 Å². The minimum Gasteiger partial charge on any atom is -0.396 e. The van der Waals surface area contributed by atoms with Crippen LogP contribution in [0.3, 0.4) is 0 Å². The van der Waals surface area contributed by atoms with Crippen molar-refractivity contribution in [2.45, 2.75) is 31.1 Å². The topological polar surface area (TPSA) is 57.6 Å². The fourth-order valence-electron chi connectivity index (χ4n) is 2.70. The summed E-state index contributed by atoms with van der Waals surface area (Å²) >= 11 is 5.88. The molecule has 0 aromatic heterocycles. The number of aliphatic hydroxyl groups is 1. The fraction of sp³-hybridized carbons (Fsp3) is 0.571. The van der Waals surface area contributed by atoms with E-state index in [-0.39, 0.29) is 12.5 Å². The van der Waals surface area contributed by atoms with Gasteiger partial charge >= 0.3 is 0 Å². The number of piperidine rings is 1. The van der Waals surface area contributed by atoms with Crippen LogP contribution >= 0.6 is 11.6 Å². The van der Waals surface area contributed by atoms with Crippen molar-refractivity contribution in [3.63, 3.8) is 0 Å². The summed E-state index contributed by atoms with van der Waals surface area (Å²) < 4.78 is 26.9. The van der Waals surface area contributed by atoms with Gasteiger partial charge in [0.2, 0.25) is 10.0 Å². The molecule has 6 heteroatoms. The average molecular weight is 318 g/mol. The molecule has 1 unspecified atom stereocenters. The molecule has 1 saturated heterocycles. The first-order valence-corrected chi connectivity index (χ1v) is 8.64. The van der Waals surface area contributed by atoms with Crippen LogP contribution in [0.1, 0.15) is 24.8 Å². The number of halogens is 1. The van der Waals surface area contributed by atoms with Gasteiger partial charge in [-0.25, -0.2) is 8.42 Å². The van der Waals surface area contributed by atoms with Crippen LogP contribution in [0.25, 0.3) is 0 Å². The Bertz CT molecular complexity index is 572. The van der Waals surface area contributed by atoms with Gasteiger partial charge in [-0.1, -0.05) is 11.6 Å². The molecule has 112 valence electrons. The Hall–Kier alpha value is -0.620. The molecule has 0 aliphatic carbocycles. The SMILES string of the molecule is Cc1cc(Cl)ccc1S(=O)(=O)N1CCCC(CCO)C1. The van der Waals surface area contributed by atoms with E-state index in [4.69, 9.17) is 16.7 Å². The van der Waals surface area contributed by atoms with E-state index < -0.39 is 10.0 Å². The van der Waals surface area contributed by atoms with Crippen LogP contribution in [-0.4, -0.2) is 37.5 Å². The Morgan fingerprint density at radius 2 is 2.20 bits per heavy atom. The lowest BCUT2D eigenvalue weighted by Crippen LogP contribution is -2.40. The molecular formula is C14H20ClNO3S. The highest BCUT2D eigenvalue weighted by atomic mass is 35.5. The molecule has 0 spiro atoms. The molecule has 1 fully saturated rings. The van der Waals surface area contributed by atoms with Gasteiger partial charge in [-0.3, -0.25) is 0 Å². The lowest BCUT2D eigenvalue weighted by Gasteiger charge is -2.32. The highest BCUT2D eigenvalue weighted by Crippen LogP contribution is 2.28. The molecule has 1 heterocycles. The number of hydrogen-bond acceptors (Lipinski definition) is 3. The number of hydrogen-bond donors (Lipinski definition) is 1. The van der Waals surface area contributed by atoms with Crippen LogP contribution in [0.2, 0.25) is 5.02 Å². The smallest absolute Gasteiger partial charge is 0.243 e. The van der Waals surface area contributed by atoms with Crippen molar-refractivity contribution in [1.82, 2.24) is 4.31 Å². The van der Waals surface area contributed by atoms with Crippen molar-refractivity contribution >= 4 is 21.6 Å². The highest BCUT2D eigenvalue weighted by molar-refractivity contribution is 7.89. The minimum atomic E-state index is -3.47. The lowest BCUT2D eigenvalue weighted by molar-refractivity contribution is 0.203. The summed E-state index contributed by atoms with van der Waals surface area (Å²) in [6.45, 7) is 2.91. The second kappa shape index (κ2) is 6.43. The second-order valence-electron chi connectivity index (χ2n) is 5.29. The molecule has 0 radical (unpaired) electrons. The summed E-state index contributed by atoms with van der Waals surface area (Å²) in [5.74, 6) is 0.246. The minimum absolute atomic E-state index is 0.110. The maximum absolute atomic E-state index is 12.7. The summed E-state index contributed by atoms with van der Waals surface area (Å²) in [6, 6.07) is 4.85. The van der Waals surface area contributed by atoms with E-state index in [0.717, 1.165) is 12.8 Å². The largest absolute Gasteiger partial charge is 0.396 e. The van der Waals surface area contributed by atoms with E-state index in [1.165, 1.54) is 4.31 Å². The van der Waals surface area contributed by atoms with Crippen LogP contribution in [0.15, 0.2) is 23.1 Å². The number of aryl methyl sites for hydroxylation is 1. The molecule has 1 aromatic rings. The van der Waals surface area contributed by atoms with Crippen molar-refractivity contribution in [2.75, 3.05) is 19.7 Å². The monoisotopic (exact) mass is 317 g/mol. The van der Waals surface area contributed by atoms with Gasteiger partial charge in [0.15, 0.2) is 0 Å². The first-order chi connectivity index (χ1) is 9.45. The Kier molecular flexibility index (Phi) is 5.07. The molecule has 1 aliphatic heterocycles. The Morgan fingerprint density at radius 1 is 1.45 bits per heavy atom. The quantitative estimate of drug-likeness (QED) is 0.928. The first-order valence-electron chi connectivity index (χ1n) is 6.82. The van der Waals surface area contributed by atoms with Gasteiger partial charge in [0.05, 0.1) is 4.90 Å². The van der Waals surface area contributed by atoms with Crippen molar-refractivity contribution in [3.05, 3.63) is 28.8 Å². The molecule has 0 bridgehead atoms. The predicted octanol–water partition coefficient (Wildman–Crippen LogP) is 2.43. The predicted molar refractivity (Wildman–Crippen MR) is 79.4 cm³/mol. The van der Waals surface area contributed by atoms with Crippen molar-refractivity contribution in [1.29, 1.82) is 0 Å². The Labute approximate surface area is 125 Å². The van der Waals surface area contributed by atoms with Crippen LogP contribution in [0, 0.1) is 12.8 Å². The summed E-state index contributed by atoms with van der Waals surface area (Å²) in [6.07, 6.45) is 2.48. The van der Waals surface area contributed by atoms with Gasteiger partial charge in [-0.05, 0) is 55.9 Å². The van der Waals surface area contributed by atoms with Crippen LogP contribution in [0.5, 0.6) is 0 Å². The number of benzene rings is 1. The van der Waals surface area contributed by atoms with Crippen molar-refractivity contribution < 1.29 is 13.5 Å². The lowest BCUT2D eigenvalue weighted by atomic mass is 9.97. The zero-order valence-corrected chi connectivity index (χ0v) is 13.1. The molecular weight excluding hydrogens is 298 g/mol. The van der Waals surface area contributed by atoms with Gasteiger partial charge in [0.1, 0.15) is 0 Å². The average Bonchev–Trinajstić information content (AvgIpc) is 2.39. The third-order valence-corrected chi connectivity index (χ3v) is 6.03. The number of sulfonamides is 1. The molecule has 0 saturated carbocycles. The van der Waals surface area contributed by atoms with Gasteiger partial charge in [-0.15, -0.1) is 0 Å². The van der Waals surface area contributed by atoms with Gasteiger partial charge in [0.25, 0.3) is 0 Å². The third-order valence-electron chi connectivity index (χ3n) is 3.77. The molecule has 20 heavy (non-hydrogen) atoms. The number of nitrogens with zero attached hydrogens (tertiary/aromatic N) is 1. The van der Waals surface area contributed by atoms with Gasteiger partial charge in [0, 0.05) is 24.7 Å². The third kappa shape index (κ3) is 3.34. The molecule has 2 rings (SSSR count). The maximum atomic E-state index is 12.7. The molecule has 0 amide bonds. The zero-order chi connectivity index (χ0) is 14.8. The number of rotatable bonds is 4. The standard InChI is InChI=1S/C14H20ClNO3S/c1-11-9-13(15)4-5-14(11)20(18,19)16-7-2-3-12(10-16)6-8-17/h4-5,9,12,17H,2-3,6-8,10H2,1H3. The summed E-state index contributed by atoms with van der Waals surface area (Å²) in [4.78, 5) is 0.326. The van der Waals surface area contributed by atoms with E-state index in [1.807, 2.05) is 0 Å². The maximum Gasteiger partial charge on any atom is 0.243 e. The normalized spacial score (nSPS) is 21.1. The van der Waals surface area contributed by atoms with Gasteiger partial charge < -0.3 is 5.11 Å². The Morgan fingerprint density at radius 3 is 2.85 bits per heavy atom. The fourth-order valence-corrected chi connectivity index (χ4v) is 4.69. The molecule has 1 aliphatic rings. The summed E-state index contributed by atoms with van der Waals surface area (Å²) in [5.41, 5.74) is 0.668. The van der Waals surface area contributed by atoms with E-state index in [1.54, 1.807) is 25.1 Å².